The van der Waals surface area contributed by atoms with E-state index >= 15 is 0 Å². The largest absolute Gasteiger partial charge is 0.383 e. The molecule has 1 aliphatic rings. The molecule has 0 spiro atoms. The third-order valence-corrected chi connectivity index (χ3v) is 4.11. The Morgan fingerprint density at radius 2 is 1.95 bits per heavy atom. The number of ether oxygens (including phenoxy) is 1. The number of halogens is 1. The highest BCUT2D eigenvalue weighted by atomic mass is 35.5. The van der Waals surface area contributed by atoms with Crippen molar-refractivity contribution in [2.75, 3.05) is 33.4 Å². The van der Waals surface area contributed by atoms with Gasteiger partial charge in [-0.25, -0.2) is 0 Å². The molecule has 1 heterocycles. The van der Waals surface area contributed by atoms with Crippen molar-refractivity contribution in [2.24, 2.45) is 11.8 Å². The van der Waals surface area contributed by atoms with Gasteiger partial charge in [-0.3, -0.25) is 4.79 Å². The zero-order chi connectivity index (χ0) is 13.5. The first kappa shape index (κ1) is 18.7. The molecule has 0 aromatic heterocycles. The molecule has 0 aromatic rings. The molecule has 114 valence electrons. The summed E-state index contributed by atoms with van der Waals surface area (Å²) < 4.78 is 5.14. The SMILES string of the molecule is CCC(CC)N(CCOC)C(=O)C(C)C1CNC1.Cl. The van der Waals surface area contributed by atoms with Gasteiger partial charge in [-0.1, -0.05) is 20.8 Å². The summed E-state index contributed by atoms with van der Waals surface area (Å²) in [6, 6.07) is 0.350. The van der Waals surface area contributed by atoms with Gasteiger partial charge in [-0.2, -0.15) is 0 Å². The van der Waals surface area contributed by atoms with Crippen molar-refractivity contribution >= 4 is 18.3 Å². The summed E-state index contributed by atoms with van der Waals surface area (Å²) in [6.45, 7) is 9.66. The lowest BCUT2D eigenvalue weighted by Gasteiger charge is -2.38. The molecule has 1 atom stereocenters. The third-order valence-electron chi connectivity index (χ3n) is 4.11. The number of hydrogen-bond acceptors (Lipinski definition) is 3. The maximum Gasteiger partial charge on any atom is 0.226 e. The molecule has 1 rings (SSSR count). The Balaban J connectivity index is 0.00000324. The van der Waals surface area contributed by atoms with Crippen LogP contribution in [0.2, 0.25) is 0 Å². The number of methoxy groups -OCH3 is 1. The van der Waals surface area contributed by atoms with Crippen LogP contribution in [0.25, 0.3) is 0 Å². The first-order valence-electron chi connectivity index (χ1n) is 7.15. The Kier molecular flexibility index (Phi) is 9.40. The van der Waals surface area contributed by atoms with Crippen LogP contribution in [0.15, 0.2) is 0 Å². The molecule has 0 aliphatic carbocycles. The fourth-order valence-electron chi connectivity index (χ4n) is 2.52. The minimum Gasteiger partial charge on any atom is -0.383 e. The van der Waals surface area contributed by atoms with E-state index in [1.165, 1.54) is 0 Å². The summed E-state index contributed by atoms with van der Waals surface area (Å²) in [4.78, 5) is 14.6. The lowest BCUT2D eigenvalue weighted by Crippen LogP contribution is -2.52. The van der Waals surface area contributed by atoms with Crippen molar-refractivity contribution in [1.29, 1.82) is 0 Å². The number of rotatable bonds is 8. The lowest BCUT2D eigenvalue weighted by atomic mass is 9.87. The summed E-state index contributed by atoms with van der Waals surface area (Å²) in [5.41, 5.74) is 0. The molecule has 0 bridgehead atoms. The summed E-state index contributed by atoms with van der Waals surface area (Å²) in [5.74, 6) is 0.938. The number of carbonyl (C=O) groups excluding carboxylic acids is 1. The first-order valence-corrected chi connectivity index (χ1v) is 7.15. The monoisotopic (exact) mass is 292 g/mol. The highest BCUT2D eigenvalue weighted by Crippen LogP contribution is 2.21. The van der Waals surface area contributed by atoms with Gasteiger partial charge in [0, 0.05) is 25.6 Å². The highest BCUT2D eigenvalue weighted by Gasteiger charge is 2.33. The van der Waals surface area contributed by atoms with Crippen LogP contribution in [0, 0.1) is 11.8 Å². The second-order valence-electron chi connectivity index (χ2n) is 5.20. The second kappa shape index (κ2) is 9.56. The molecule has 1 N–H and O–H groups in total. The molecule has 1 fully saturated rings. The fraction of sp³-hybridized carbons (Fsp3) is 0.929. The molecular formula is C14H29ClN2O2. The molecule has 5 heteroatoms. The molecule has 1 unspecified atom stereocenters. The number of hydrogen-bond donors (Lipinski definition) is 1. The van der Waals surface area contributed by atoms with Crippen LogP contribution in [0.5, 0.6) is 0 Å². The standard InChI is InChI=1S/C14H28N2O2.ClH/c1-5-13(6-2)16(7-8-18-4)14(17)11(3)12-9-15-10-12;/h11-13,15H,5-10H2,1-4H3;1H. The van der Waals surface area contributed by atoms with Crippen molar-refractivity contribution < 1.29 is 9.53 Å². The van der Waals surface area contributed by atoms with Crippen LogP contribution in [-0.2, 0) is 9.53 Å². The Hall–Kier alpha value is -0.320. The van der Waals surface area contributed by atoms with E-state index in [0.717, 1.165) is 25.9 Å². The number of carbonyl (C=O) groups is 1. The molecule has 1 saturated heterocycles. The zero-order valence-corrected chi connectivity index (χ0v) is 13.5. The average Bonchev–Trinajstić information content (AvgIpc) is 2.31. The van der Waals surface area contributed by atoms with Crippen LogP contribution in [0.3, 0.4) is 0 Å². The zero-order valence-electron chi connectivity index (χ0n) is 12.6. The van der Waals surface area contributed by atoms with Gasteiger partial charge in [0.1, 0.15) is 0 Å². The Labute approximate surface area is 123 Å². The topological polar surface area (TPSA) is 41.6 Å². The van der Waals surface area contributed by atoms with Crippen molar-refractivity contribution in [1.82, 2.24) is 10.2 Å². The van der Waals surface area contributed by atoms with Crippen molar-refractivity contribution in [2.45, 2.75) is 39.7 Å². The Morgan fingerprint density at radius 1 is 1.37 bits per heavy atom. The van der Waals surface area contributed by atoms with Gasteiger partial charge in [0.2, 0.25) is 5.91 Å². The lowest BCUT2D eigenvalue weighted by molar-refractivity contribution is -0.140. The summed E-state index contributed by atoms with van der Waals surface area (Å²) in [7, 11) is 1.69. The maximum absolute atomic E-state index is 12.6. The number of amides is 1. The third kappa shape index (κ3) is 4.93. The normalized spacial score (nSPS) is 16.7. The van der Waals surface area contributed by atoms with Gasteiger partial charge in [-0.05, 0) is 31.8 Å². The number of nitrogens with zero attached hydrogens (tertiary/aromatic N) is 1. The summed E-state index contributed by atoms with van der Waals surface area (Å²) >= 11 is 0. The minimum absolute atomic E-state index is 0. The molecule has 1 aliphatic heterocycles. The van der Waals surface area contributed by atoms with E-state index in [9.17, 15) is 4.79 Å². The Morgan fingerprint density at radius 3 is 2.32 bits per heavy atom. The Bertz CT molecular complexity index is 256. The second-order valence-corrected chi connectivity index (χ2v) is 5.20. The smallest absolute Gasteiger partial charge is 0.226 e. The quantitative estimate of drug-likeness (QED) is 0.743. The van der Waals surface area contributed by atoms with Gasteiger partial charge in [0.05, 0.1) is 6.61 Å². The van der Waals surface area contributed by atoms with Crippen molar-refractivity contribution in [3.05, 3.63) is 0 Å². The van der Waals surface area contributed by atoms with E-state index in [2.05, 4.69) is 26.1 Å². The van der Waals surface area contributed by atoms with Gasteiger partial charge < -0.3 is 15.0 Å². The molecule has 0 radical (unpaired) electrons. The molecule has 0 aromatic carbocycles. The van der Waals surface area contributed by atoms with Crippen LogP contribution in [-0.4, -0.2) is 50.2 Å². The predicted molar refractivity (Wildman–Crippen MR) is 80.7 cm³/mol. The van der Waals surface area contributed by atoms with Crippen molar-refractivity contribution in [3.63, 3.8) is 0 Å². The van der Waals surface area contributed by atoms with Crippen LogP contribution in [0.4, 0.5) is 0 Å². The molecule has 0 saturated carbocycles. The van der Waals surface area contributed by atoms with Crippen LogP contribution in [0.1, 0.15) is 33.6 Å². The van der Waals surface area contributed by atoms with E-state index in [0.29, 0.717) is 31.0 Å². The predicted octanol–water partition coefficient (Wildman–Crippen LogP) is 1.93. The summed E-state index contributed by atoms with van der Waals surface area (Å²) in [5, 5.41) is 3.24. The molecule has 1 amide bonds. The van der Waals surface area contributed by atoms with Gasteiger partial charge in [-0.15, -0.1) is 12.4 Å². The van der Waals surface area contributed by atoms with Crippen LogP contribution >= 0.6 is 12.4 Å². The van der Waals surface area contributed by atoms with Crippen molar-refractivity contribution in [3.8, 4) is 0 Å². The van der Waals surface area contributed by atoms with E-state index < -0.39 is 0 Å². The minimum atomic E-state index is 0. The summed E-state index contributed by atoms with van der Waals surface area (Å²) in [6.07, 6.45) is 2.03. The fourth-order valence-corrected chi connectivity index (χ4v) is 2.52. The van der Waals surface area contributed by atoms with Crippen LogP contribution < -0.4 is 5.32 Å². The van der Waals surface area contributed by atoms with E-state index in [4.69, 9.17) is 4.74 Å². The maximum atomic E-state index is 12.6. The van der Waals surface area contributed by atoms with E-state index in [-0.39, 0.29) is 18.3 Å². The number of nitrogens with one attached hydrogen (secondary N) is 1. The molecular weight excluding hydrogens is 264 g/mol. The van der Waals surface area contributed by atoms with Gasteiger partial charge >= 0.3 is 0 Å². The van der Waals surface area contributed by atoms with E-state index in [1.54, 1.807) is 7.11 Å². The highest BCUT2D eigenvalue weighted by molar-refractivity contribution is 5.85. The van der Waals surface area contributed by atoms with Gasteiger partial charge in [0.15, 0.2) is 0 Å². The first-order chi connectivity index (χ1) is 8.65. The van der Waals surface area contributed by atoms with Gasteiger partial charge in [0.25, 0.3) is 0 Å². The average molecular weight is 293 g/mol. The molecule has 4 nitrogen and oxygen atoms in total. The van der Waals surface area contributed by atoms with E-state index in [1.807, 2.05) is 4.90 Å². The molecule has 19 heavy (non-hydrogen) atoms.